The van der Waals surface area contributed by atoms with E-state index in [0.29, 0.717) is 0 Å². The molecule has 6 heteroatoms. The normalized spacial score (nSPS) is 33.9. The Balaban J connectivity index is 1.75. The lowest BCUT2D eigenvalue weighted by molar-refractivity contribution is -0.149. The van der Waals surface area contributed by atoms with Crippen molar-refractivity contribution in [2.45, 2.75) is 45.2 Å². The van der Waals surface area contributed by atoms with Gasteiger partial charge in [-0.2, -0.15) is 0 Å². The maximum absolute atomic E-state index is 12.3. The molecule has 0 bridgehead atoms. The van der Waals surface area contributed by atoms with E-state index in [1.165, 1.54) is 0 Å². The number of carbonyl (C=O) groups excluding carboxylic acids is 2. The van der Waals surface area contributed by atoms with Gasteiger partial charge in [0.25, 0.3) is 0 Å². The van der Waals surface area contributed by atoms with E-state index in [0.717, 1.165) is 17.7 Å². The number of hydrogen-bond acceptors (Lipinski definition) is 4. The quantitative estimate of drug-likeness (QED) is 0.704. The van der Waals surface area contributed by atoms with E-state index in [1.807, 2.05) is 13.8 Å². The van der Waals surface area contributed by atoms with Crippen molar-refractivity contribution in [3.05, 3.63) is 0 Å². The highest BCUT2D eigenvalue weighted by Gasteiger charge is 2.72. The molecule has 0 spiro atoms. The van der Waals surface area contributed by atoms with Crippen molar-refractivity contribution in [2.24, 2.45) is 17.3 Å². The molecule has 0 radical (unpaired) electrons. The van der Waals surface area contributed by atoms with Crippen molar-refractivity contribution in [1.82, 2.24) is 10.2 Å². The highest BCUT2D eigenvalue weighted by atomic mass is 16.4. The molecule has 3 unspecified atom stereocenters. The summed E-state index contributed by atoms with van der Waals surface area (Å²) in [4.78, 5) is 37.2. The second-order valence-corrected chi connectivity index (χ2v) is 7.10. The third kappa shape index (κ3) is 1.78. The fourth-order valence-corrected chi connectivity index (χ4v) is 3.33. The van der Waals surface area contributed by atoms with Crippen LogP contribution in [0.25, 0.3) is 0 Å². The van der Waals surface area contributed by atoms with Crippen LogP contribution in [0.15, 0.2) is 0 Å². The maximum Gasteiger partial charge on any atom is 0.325 e. The lowest BCUT2D eigenvalue weighted by atomic mass is 9.99. The van der Waals surface area contributed by atoms with E-state index in [2.05, 4.69) is 5.32 Å². The third-order valence-electron chi connectivity index (χ3n) is 4.94. The number of aliphatic carboxylic acids is 1. The third-order valence-corrected chi connectivity index (χ3v) is 4.94. The second-order valence-electron chi connectivity index (χ2n) is 7.10. The number of carboxylic acid groups (broad SMARTS) is 1. The van der Waals surface area contributed by atoms with Crippen LogP contribution in [-0.4, -0.2) is 45.9 Å². The molecule has 1 saturated heterocycles. The summed E-state index contributed by atoms with van der Waals surface area (Å²) < 4.78 is 0. The zero-order valence-corrected chi connectivity index (χ0v) is 12.0. The summed E-state index contributed by atoms with van der Waals surface area (Å²) in [6.45, 7) is 5.28. The molecular weight excluding hydrogens is 260 g/mol. The molecule has 3 rings (SSSR count). The molecule has 3 fully saturated rings. The summed E-state index contributed by atoms with van der Waals surface area (Å²) in [7, 11) is 0. The first-order valence-electron chi connectivity index (χ1n) is 7.05. The van der Waals surface area contributed by atoms with Gasteiger partial charge >= 0.3 is 5.97 Å². The van der Waals surface area contributed by atoms with Crippen molar-refractivity contribution in [2.75, 3.05) is 6.54 Å². The predicted molar refractivity (Wildman–Crippen MR) is 69.7 cm³/mol. The summed E-state index contributed by atoms with van der Waals surface area (Å²) in [6, 6.07) is 0.190. The van der Waals surface area contributed by atoms with Gasteiger partial charge < -0.3 is 5.11 Å². The second kappa shape index (κ2) is 3.81. The average molecular weight is 280 g/mol. The highest BCUT2D eigenvalue weighted by molar-refractivity contribution is 6.10. The topological polar surface area (TPSA) is 86.7 Å². The van der Waals surface area contributed by atoms with Gasteiger partial charge in [-0.3, -0.25) is 24.6 Å². The minimum absolute atomic E-state index is 0.0837. The molecule has 0 aromatic heterocycles. The van der Waals surface area contributed by atoms with Crippen LogP contribution < -0.4 is 5.32 Å². The number of carbonyl (C=O) groups is 3. The number of nitrogens with zero attached hydrogens (tertiary/aromatic N) is 1. The van der Waals surface area contributed by atoms with Crippen LogP contribution in [0.4, 0.5) is 0 Å². The summed E-state index contributed by atoms with van der Waals surface area (Å²) in [5.74, 6) is -1.96. The monoisotopic (exact) mass is 280 g/mol. The molecule has 2 amide bonds. The van der Waals surface area contributed by atoms with Gasteiger partial charge in [0.2, 0.25) is 11.8 Å². The van der Waals surface area contributed by atoms with Crippen molar-refractivity contribution in [3.63, 3.8) is 0 Å². The lowest BCUT2D eigenvalue weighted by Gasteiger charge is -2.32. The van der Waals surface area contributed by atoms with Gasteiger partial charge in [0, 0.05) is 6.04 Å². The molecule has 2 N–H and O–H groups in total. The average Bonchev–Trinajstić information content (AvgIpc) is 3.20. The Kier molecular flexibility index (Phi) is 2.58. The van der Waals surface area contributed by atoms with E-state index in [4.69, 9.17) is 0 Å². The standard InChI is InChI=1S/C14H20N2O4/c1-13(2)8-9(13)11(18)16(10(8)17)6-14(3,12(19)20)15-7-4-5-7/h7-9,15H,4-6H2,1-3H3,(H,19,20). The minimum Gasteiger partial charge on any atom is -0.480 e. The number of nitrogens with one attached hydrogen (secondary N) is 1. The van der Waals surface area contributed by atoms with Gasteiger partial charge in [0.1, 0.15) is 5.54 Å². The van der Waals surface area contributed by atoms with Gasteiger partial charge in [-0.15, -0.1) is 0 Å². The zero-order chi connectivity index (χ0) is 14.9. The molecule has 1 heterocycles. The lowest BCUT2D eigenvalue weighted by Crippen LogP contribution is -2.59. The molecule has 3 atom stereocenters. The van der Waals surface area contributed by atoms with Gasteiger partial charge in [-0.05, 0) is 25.2 Å². The number of likely N-dealkylation sites (tertiary alicyclic amines) is 1. The van der Waals surface area contributed by atoms with Crippen molar-refractivity contribution >= 4 is 17.8 Å². The van der Waals surface area contributed by atoms with Gasteiger partial charge in [-0.1, -0.05) is 13.8 Å². The van der Waals surface area contributed by atoms with Gasteiger partial charge in [0.05, 0.1) is 18.4 Å². The number of hydrogen-bond donors (Lipinski definition) is 2. The van der Waals surface area contributed by atoms with E-state index in [-0.39, 0.29) is 41.7 Å². The Bertz CT molecular complexity index is 487. The first-order valence-corrected chi connectivity index (χ1v) is 7.05. The summed E-state index contributed by atoms with van der Waals surface area (Å²) >= 11 is 0. The molecular formula is C14H20N2O4. The number of imide groups is 1. The van der Waals surface area contributed by atoms with E-state index in [1.54, 1.807) is 6.92 Å². The molecule has 2 aliphatic carbocycles. The summed E-state index contributed by atoms with van der Waals surface area (Å²) in [5.41, 5.74) is -1.51. The van der Waals surface area contributed by atoms with E-state index >= 15 is 0 Å². The molecule has 0 aromatic rings. The molecule has 6 nitrogen and oxygen atoms in total. The van der Waals surface area contributed by atoms with Crippen molar-refractivity contribution in [1.29, 1.82) is 0 Å². The van der Waals surface area contributed by atoms with Crippen molar-refractivity contribution < 1.29 is 19.5 Å². The van der Waals surface area contributed by atoms with Crippen LogP contribution in [0.1, 0.15) is 33.6 Å². The van der Waals surface area contributed by atoms with Crippen LogP contribution in [0.5, 0.6) is 0 Å². The number of amides is 2. The zero-order valence-electron chi connectivity index (χ0n) is 12.0. The van der Waals surface area contributed by atoms with Crippen LogP contribution in [0, 0.1) is 17.3 Å². The number of carboxylic acids is 1. The predicted octanol–water partition coefficient (Wildman–Crippen LogP) is 0.223. The van der Waals surface area contributed by atoms with E-state index in [9.17, 15) is 19.5 Å². The fourth-order valence-electron chi connectivity index (χ4n) is 3.33. The largest absolute Gasteiger partial charge is 0.480 e. The number of fused-ring (bicyclic) bond motifs is 1. The van der Waals surface area contributed by atoms with Crippen LogP contribution >= 0.6 is 0 Å². The Morgan fingerprint density at radius 1 is 1.35 bits per heavy atom. The summed E-state index contributed by atoms with van der Waals surface area (Å²) in [5, 5.41) is 12.4. The summed E-state index contributed by atoms with van der Waals surface area (Å²) in [6.07, 6.45) is 1.89. The number of rotatable bonds is 5. The fraction of sp³-hybridized carbons (Fsp3) is 0.786. The van der Waals surface area contributed by atoms with E-state index < -0.39 is 11.5 Å². The Labute approximate surface area is 117 Å². The molecule has 0 aromatic carbocycles. The molecule has 1 aliphatic heterocycles. The number of piperidine rings is 1. The smallest absolute Gasteiger partial charge is 0.325 e. The van der Waals surface area contributed by atoms with Gasteiger partial charge in [0.15, 0.2) is 0 Å². The minimum atomic E-state index is -1.26. The first kappa shape index (κ1) is 13.5. The molecule has 110 valence electrons. The van der Waals surface area contributed by atoms with Crippen molar-refractivity contribution in [3.8, 4) is 0 Å². The van der Waals surface area contributed by atoms with Crippen LogP contribution in [-0.2, 0) is 14.4 Å². The maximum atomic E-state index is 12.3. The molecule has 2 saturated carbocycles. The Hall–Kier alpha value is -1.43. The Morgan fingerprint density at radius 2 is 1.85 bits per heavy atom. The first-order chi connectivity index (χ1) is 9.18. The molecule has 20 heavy (non-hydrogen) atoms. The SMILES string of the molecule is CC(CN1C(=O)C2C(C1=O)C2(C)C)(NC1CC1)C(=O)O. The highest BCUT2D eigenvalue weighted by Crippen LogP contribution is 2.63. The van der Waals surface area contributed by atoms with Gasteiger partial charge in [-0.25, -0.2) is 0 Å². The van der Waals surface area contributed by atoms with Crippen LogP contribution in [0.3, 0.4) is 0 Å². The Morgan fingerprint density at radius 3 is 2.25 bits per heavy atom. The molecule has 3 aliphatic rings. The van der Waals surface area contributed by atoms with Crippen LogP contribution in [0.2, 0.25) is 0 Å².